The molecule has 1 heterocycles. The van der Waals surface area contributed by atoms with Crippen molar-refractivity contribution >= 4 is 16.1 Å². The fourth-order valence-corrected chi connectivity index (χ4v) is 4.28. The maximum atomic E-state index is 12.6. The van der Waals surface area contributed by atoms with Crippen molar-refractivity contribution in [3.63, 3.8) is 0 Å². The Labute approximate surface area is 157 Å². The molecule has 1 aromatic rings. The molecule has 0 bridgehead atoms. The zero-order valence-electron chi connectivity index (χ0n) is 15.3. The van der Waals surface area contributed by atoms with Crippen LogP contribution in [-0.4, -0.2) is 55.9 Å². The number of nitrogens with zero attached hydrogens (tertiary/aromatic N) is 2. The molecular formula is C17H24F3N3O3S. The van der Waals surface area contributed by atoms with Crippen molar-refractivity contribution < 1.29 is 26.4 Å². The molecule has 2 rings (SSSR count). The van der Waals surface area contributed by atoms with Crippen molar-refractivity contribution in [2.75, 3.05) is 26.2 Å². The summed E-state index contributed by atoms with van der Waals surface area (Å²) in [6.45, 7) is 4.60. The minimum Gasteiger partial charge on any atom is -0.335 e. The van der Waals surface area contributed by atoms with Gasteiger partial charge in [-0.3, -0.25) is 0 Å². The van der Waals surface area contributed by atoms with Crippen LogP contribution >= 0.6 is 0 Å². The molecule has 6 nitrogen and oxygen atoms in total. The highest BCUT2D eigenvalue weighted by atomic mass is 32.2. The van der Waals surface area contributed by atoms with Gasteiger partial charge in [0.15, 0.2) is 0 Å². The van der Waals surface area contributed by atoms with Gasteiger partial charge < -0.3 is 10.2 Å². The molecule has 1 N–H and O–H groups in total. The molecule has 27 heavy (non-hydrogen) atoms. The van der Waals surface area contributed by atoms with E-state index in [4.69, 9.17) is 0 Å². The second-order valence-corrected chi connectivity index (χ2v) is 8.31. The van der Waals surface area contributed by atoms with Crippen molar-refractivity contribution in [2.45, 2.75) is 43.8 Å². The summed E-state index contributed by atoms with van der Waals surface area (Å²) in [5.41, 5.74) is -0.899. The Morgan fingerprint density at radius 2 is 1.59 bits per heavy atom. The third kappa shape index (κ3) is 5.13. The number of carbonyl (C=O) groups excluding carboxylic acids is 1. The van der Waals surface area contributed by atoms with Gasteiger partial charge in [-0.2, -0.15) is 17.5 Å². The quantitative estimate of drug-likeness (QED) is 0.816. The van der Waals surface area contributed by atoms with Crippen molar-refractivity contribution in [1.29, 1.82) is 0 Å². The highest BCUT2D eigenvalue weighted by Gasteiger charge is 2.33. The number of alkyl halides is 3. The molecule has 0 saturated carbocycles. The smallest absolute Gasteiger partial charge is 0.335 e. The summed E-state index contributed by atoms with van der Waals surface area (Å²) in [6.07, 6.45) is -2.90. The number of sulfonamides is 1. The lowest BCUT2D eigenvalue weighted by molar-refractivity contribution is -0.137. The zero-order chi connectivity index (χ0) is 20.2. The first-order chi connectivity index (χ1) is 12.6. The maximum absolute atomic E-state index is 12.6. The van der Waals surface area contributed by atoms with Crippen LogP contribution in [0.25, 0.3) is 0 Å². The Bertz CT molecular complexity index is 739. The molecule has 10 heteroatoms. The molecule has 1 aliphatic heterocycles. The van der Waals surface area contributed by atoms with Crippen LogP contribution in [-0.2, 0) is 16.2 Å². The number of halogens is 3. The summed E-state index contributed by atoms with van der Waals surface area (Å²) < 4.78 is 64.3. The Morgan fingerprint density at radius 3 is 2.04 bits per heavy atom. The molecular weight excluding hydrogens is 383 g/mol. The first-order valence-corrected chi connectivity index (χ1v) is 10.3. The van der Waals surface area contributed by atoms with Crippen LogP contribution < -0.4 is 5.32 Å². The largest absolute Gasteiger partial charge is 0.416 e. The van der Waals surface area contributed by atoms with Gasteiger partial charge in [0.1, 0.15) is 0 Å². The number of hydrogen-bond donors (Lipinski definition) is 1. The SMILES string of the molecule is CCC(CC)NC(=O)N1CCN(S(=O)(=O)c2ccc(C(F)(F)F)cc2)CC1. The molecule has 152 valence electrons. The summed E-state index contributed by atoms with van der Waals surface area (Å²) in [5, 5.41) is 2.90. The predicted molar refractivity (Wildman–Crippen MR) is 94.7 cm³/mol. The molecule has 0 aromatic heterocycles. The Morgan fingerprint density at radius 1 is 1.07 bits per heavy atom. The molecule has 0 unspecified atom stereocenters. The molecule has 1 aliphatic rings. The van der Waals surface area contributed by atoms with E-state index in [1.54, 1.807) is 4.90 Å². The van der Waals surface area contributed by atoms with Gasteiger partial charge in [0.25, 0.3) is 0 Å². The minimum atomic E-state index is -4.52. The third-order valence-electron chi connectivity index (χ3n) is 4.66. The van der Waals surface area contributed by atoms with Crippen molar-refractivity contribution in [2.24, 2.45) is 0 Å². The van der Waals surface area contributed by atoms with E-state index in [-0.39, 0.29) is 43.1 Å². The number of amides is 2. The predicted octanol–water partition coefficient (Wildman–Crippen LogP) is 2.91. The average Bonchev–Trinajstić information content (AvgIpc) is 2.65. The Hall–Kier alpha value is -1.81. The number of carbonyl (C=O) groups is 1. The van der Waals surface area contributed by atoms with Crippen LogP contribution in [0.2, 0.25) is 0 Å². The van der Waals surface area contributed by atoms with Crippen molar-refractivity contribution in [1.82, 2.24) is 14.5 Å². The average molecular weight is 407 g/mol. The van der Waals surface area contributed by atoms with Crippen molar-refractivity contribution in [3.05, 3.63) is 29.8 Å². The summed E-state index contributed by atoms with van der Waals surface area (Å²) in [5.74, 6) is 0. The van der Waals surface area contributed by atoms with E-state index in [2.05, 4.69) is 5.32 Å². The van der Waals surface area contributed by atoms with Gasteiger partial charge >= 0.3 is 12.2 Å². The van der Waals surface area contributed by atoms with Gasteiger partial charge in [-0.05, 0) is 37.1 Å². The molecule has 0 aliphatic carbocycles. The third-order valence-corrected chi connectivity index (χ3v) is 6.57. The monoisotopic (exact) mass is 407 g/mol. The normalized spacial score (nSPS) is 16.6. The van der Waals surface area contributed by atoms with Crippen LogP contribution in [0.5, 0.6) is 0 Å². The van der Waals surface area contributed by atoms with E-state index >= 15 is 0 Å². The van der Waals surface area contributed by atoms with E-state index in [9.17, 15) is 26.4 Å². The second kappa shape index (κ2) is 8.47. The topological polar surface area (TPSA) is 69.7 Å². The number of benzene rings is 1. The number of urea groups is 1. The van der Waals surface area contributed by atoms with Crippen LogP contribution in [0.15, 0.2) is 29.2 Å². The summed E-state index contributed by atoms with van der Waals surface area (Å²) in [6, 6.07) is 3.29. The molecule has 0 radical (unpaired) electrons. The Kier molecular flexibility index (Phi) is 6.74. The van der Waals surface area contributed by atoms with E-state index in [1.807, 2.05) is 13.8 Å². The molecule has 1 saturated heterocycles. The van der Waals surface area contributed by atoms with Crippen molar-refractivity contribution in [3.8, 4) is 0 Å². The standard InChI is InChI=1S/C17H24F3N3O3S/c1-3-14(4-2)21-16(24)22-9-11-23(12-10-22)27(25,26)15-7-5-13(6-8-15)17(18,19)20/h5-8,14H,3-4,9-12H2,1-2H3,(H,21,24). The zero-order valence-corrected chi connectivity index (χ0v) is 16.1. The van der Waals surface area contributed by atoms with Gasteiger partial charge in [-0.25, -0.2) is 13.2 Å². The summed E-state index contributed by atoms with van der Waals surface area (Å²) in [7, 11) is -3.90. The minimum absolute atomic E-state index is 0.0754. The molecule has 2 amide bonds. The number of nitrogens with one attached hydrogen (secondary N) is 1. The second-order valence-electron chi connectivity index (χ2n) is 6.38. The van der Waals surface area contributed by atoms with Gasteiger partial charge in [0, 0.05) is 32.2 Å². The van der Waals surface area contributed by atoms with Crippen LogP contribution in [0.1, 0.15) is 32.3 Å². The van der Waals surface area contributed by atoms with Crippen LogP contribution in [0.4, 0.5) is 18.0 Å². The van der Waals surface area contributed by atoms with Gasteiger partial charge in [0.05, 0.1) is 10.5 Å². The van der Waals surface area contributed by atoms with E-state index in [0.29, 0.717) is 0 Å². The summed E-state index contributed by atoms with van der Waals surface area (Å²) in [4.78, 5) is 13.6. The first-order valence-electron chi connectivity index (χ1n) is 8.82. The van der Waals surface area contributed by atoms with E-state index in [0.717, 1.165) is 37.1 Å². The first kappa shape index (κ1) is 21.5. The number of piperazine rings is 1. The lowest BCUT2D eigenvalue weighted by atomic mass is 10.2. The molecule has 0 atom stereocenters. The summed E-state index contributed by atoms with van der Waals surface area (Å²) >= 11 is 0. The van der Waals surface area contributed by atoms with Crippen LogP contribution in [0, 0.1) is 0 Å². The van der Waals surface area contributed by atoms with Gasteiger partial charge in [0.2, 0.25) is 10.0 Å². The fourth-order valence-electron chi connectivity index (χ4n) is 2.86. The highest BCUT2D eigenvalue weighted by Crippen LogP contribution is 2.30. The van der Waals surface area contributed by atoms with Gasteiger partial charge in [-0.15, -0.1) is 0 Å². The number of hydrogen-bond acceptors (Lipinski definition) is 3. The maximum Gasteiger partial charge on any atom is 0.416 e. The lowest BCUT2D eigenvalue weighted by Crippen LogP contribution is -2.54. The number of rotatable bonds is 5. The van der Waals surface area contributed by atoms with Crippen LogP contribution in [0.3, 0.4) is 0 Å². The van der Waals surface area contributed by atoms with E-state index < -0.39 is 21.8 Å². The highest BCUT2D eigenvalue weighted by molar-refractivity contribution is 7.89. The lowest BCUT2D eigenvalue weighted by Gasteiger charge is -2.34. The molecule has 0 spiro atoms. The van der Waals surface area contributed by atoms with E-state index in [1.165, 1.54) is 4.31 Å². The molecule has 1 fully saturated rings. The fraction of sp³-hybridized carbons (Fsp3) is 0.588. The Balaban J connectivity index is 2.01. The molecule has 1 aromatic carbocycles. The van der Waals surface area contributed by atoms with Gasteiger partial charge in [-0.1, -0.05) is 13.8 Å².